The molecule has 0 unspecified atom stereocenters. The molecular formula is C8H11F3O. The van der Waals surface area contributed by atoms with Crippen LogP contribution < -0.4 is 0 Å². The molecule has 0 aliphatic heterocycles. The lowest BCUT2D eigenvalue weighted by molar-refractivity contribution is -0.115. The molecule has 0 aromatic heterocycles. The van der Waals surface area contributed by atoms with E-state index in [9.17, 15) is 18.0 Å². The quantitative estimate of drug-likeness (QED) is 0.597. The van der Waals surface area contributed by atoms with Crippen molar-refractivity contribution in [2.24, 2.45) is 5.92 Å². The second-order valence-corrected chi connectivity index (χ2v) is 2.86. The molecule has 0 bridgehead atoms. The minimum absolute atomic E-state index is 0.573. The van der Waals surface area contributed by atoms with Gasteiger partial charge in [-0.15, -0.1) is 0 Å². The lowest BCUT2D eigenvalue weighted by Crippen LogP contribution is -2.17. The zero-order valence-corrected chi connectivity index (χ0v) is 7.20. The molecule has 12 heavy (non-hydrogen) atoms. The molecule has 0 aliphatic carbocycles. The summed E-state index contributed by atoms with van der Waals surface area (Å²) in [7, 11) is 0. The Morgan fingerprint density at radius 2 is 1.75 bits per heavy atom. The standard InChI is InChI=1S/C8H11F3O/c1-5(2)7(4-6(3)12)8(9,10)11/h4-5H,1-3H3/b7-4+. The minimum atomic E-state index is -4.39. The van der Waals surface area contributed by atoms with Crippen LogP contribution in [0.25, 0.3) is 0 Å². The summed E-state index contributed by atoms with van der Waals surface area (Å²) in [5.41, 5.74) is -0.769. The van der Waals surface area contributed by atoms with E-state index in [2.05, 4.69) is 0 Å². The van der Waals surface area contributed by atoms with E-state index in [0.29, 0.717) is 6.08 Å². The Kier molecular flexibility index (Phi) is 3.49. The summed E-state index contributed by atoms with van der Waals surface area (Å²) < 4.78 is 36.3. The number of ketones is 1. The Bertz CT molecular complexity index is 201. The van der Waals surface area contributed by atoms with Gasteiger partial charge in [0, 0.05) is 5.57 Å². The topological polar surface area (TPSA) is 17.1 Å². The van der Waals surface area contributed by atoms with Crippen LogP contribution in [0.15, 0.2) is 11.6 Å². The van der Waals surface area contributed by atoms with Gasteiger partial charge in [0.05, 0.1) is 0 Å². The van der Waals surface area contributed by atoms with Crippen LogP contribution in [0.1, 0.15) is 20.8 Å². The molecule has 0 aliphatic rings. The summed E-state index contributed by atoms with van der Waals surface area (Å²) in [5, 5.41) is 0. The highest BCUT2D eigenvalue weighted by atomic mass is 19.4. The van der Waals surface area contributed by atoms with Crippen molar-refractivity contribution in [2.45, 2.75) is 26.9 Å². The van der Waals surface area contributed by atoms with Gasteiger partial charge in [0.25, 0.3) is 0 Å². The molecule has 4 heteroatoms. The van der Waals surface area contributed by atoms with Gasteiger partial charge in [-0.1, -0.05) is 13.8 Å². The second-order valence-electron chi connectivity index (χ2n) is 2.86. The van der Waals surface area contributed by atoms with Gasteiger partial charge in [0.2, 0.25) is 0 Å². The number of hydrogen-bond acceptors (Lipinski definition) is 1. The molecule has 0 aromatic carbocycles. The lowest BCUT2D eigenvalue weighted by Gasteiger charge is -2.14. The van der Waals surface area contributed by atoms with E-state index in [4.69, 9.17) is 0 Å². The van der Waals surface area contributed by atoms with Crippen molar-refractivity contribution in [2.75, 3.05) is 0 Å². The molecule has 1 nitrogen and oxygen atoms in total. The van der Waals surface area contributed by atoms with E-state index in [1.165, 1.54) is 13.8 Å². The number of halogens is 3. The molecule has 0 saturated carbocycles. The van der Waals surface area contributed by atoms with Crippen LogP contribution in [0.2, 0.25) is 0 Å². The van der Waals surface area contributed by atoms with Gasteiger partial charge in [-0.05, 0) is 18.9 Å². The van der Waals surface area contributed by atoms with Crippen molar-refractivity contribution >= 4 is 5.78 Å². The number of allylic oxidation sites excluding steroid dienone is 2. The van der Waals surface area contributed by atoms with Crippen molar-refractivity contribution in [1.82, 2.24) is 0 Å². The van der Waals surface area contributed by atoms with Crippen molar-refractivity contribution in [3.05, 3.63) is 11.6 Å². The summed E-state index contributed by atoms with van der Waals surface area (Å²) in [6.07, 6.45) is -3.75. The van der Waals surface area contributed by atoms with Crippen molar-refractivity contribution in [3.8, 4) is 0 Å². The van der Waals surface area contributed by atoms with E-state index in [1.807, 2.05) is 0 Å². The maximum absolute atomic E-state index is 12.1. The van der Waals surface area contributed by atoms with E-state index in [0.717, 1.165) is 6.92 Å². The Balaban J connectivity index is 4.80. The molecule has 0 radical (unpaired) electrons. The smallest absolute Gasteiger partial charge is 0.295 e. The number of carbonyl (C=O) groups excluding carboxylic acids is 1. The molecule has 0 N–H and O–H groups in total. The first-order valence-electron chi connectivity index (χ1n) is 3.54. The molecule has 70 valence electrons. The zero-order chi connectivity index (χ0) is 9.94. The maximum atomic E-state index is 12.1. The third-order valence-electron chi connectivity index (χ3n) is 1.31. The Morgan fingerprint density at radius 3 is 1.83 bits per heavy atom. The van der Waals surface area contributed by atoms with Crippen LogP contribution in [0, 0.1) is 5.92 Å². The largest absolute Gasteiger partial charge is 0.413 e. The van der Waals surface area contributed by atoms with E-state index < -0.39 is 23.5 Å². The minimum Gasteiger partial charge on any atom is -0.295 e. The fourth-order valence-electron chi connectivity index (χ4n) is 0.795. The molecule has 0 fully saturated rings. The summed E-state index contributed by atoms with van der Waals surface area (Å²) >= 11 is 0. The van der Waals surface area contributed by atoms with Crippen LogP contribution in [0.4, 0.5) is 13.2 Å². The molecule has 0 rings (SSSR count). The average molecular weight is 180 g/mol. The SMILES string of the molecule is CC(=O)/C=C(\C(C)C)C(F)(F)F. The number of carbonyl (C=O) groups is 1. The van der Waals surface area contributed by atoms with Gasteiger partial charge in [0.1, 0.15) is 0 Å². The Hall–Kier alpha value is -0.800. The summed E-state index contributed by atoms with van der Waals surface area (Å²) in [5.74, 6) is -1.25. The molecule has 0 heterocycles. The predicted molar refractivity (Wildman–Crippen MR) is 39.7 cm³/mol. The number of rotatable bonds is 2. The van der Waals surface area contributed by atoms with Crippen LogP contribution >= 0.6 is 0 Å². The summed E-state index contributed by atoms with van der Waals surface area (Å²) in [4.78, 5) is 10.4. The molecule has 0 amide bonds. The zero-order valence-electron chi connectivity index (χ0n) is 7.20. The third-order valence-corrected chi connectivity index (χ3v) is 1.31. The summed E-state index contributed by atoms with van der Waals surface area (Å²) in [6, 6.07) is 0. The van der Waals surface area contributed by atoms with Crippen LogP contribution in [0.5, 0.6) is 0 Å². The average Bonchev–Trinajstić information content (AvgIpc) is 1.79. The van der Waals surface area contributed by atoms with Gasteiger partial charge in [0.15, 0.2) is 5.78 Å². The first-order valence-corrected chi connectivity index (χ1v) is 3.54. The van der Waals surface area contributed by atoms with Crippen molar-refractivity contribution < 1.29 is 18.0 Å². The predicted octanol–water partition coefficient (Wildman–Crippen LogP) is 2.72. The van der Waals surface area contributed by atoms with Crippen LogP contribution in [-0.2, 0) is 4.79 Å². The first kappa shape index (κ1) is 11.2. The third kappa shape index (κ3) is 3.55. The first-order chi connectivity index (χ1) is 5.25. The fraction of sp³-hybridized carbons (Fsp3) is 0.625. The van der Waals surface area contributed by atoms with E-state index in [-0.39, 0.29) is 0 Å². The van der Waals surface area contributed by atoms with Crippen LogP contribution in [0.3, 0.4) is 0 Å². The van der Waals surface area contributed by atoms with E-state index in [1.54, 1.807) is 0 Å². The summed E-state index contributed by atoms with van der Waals surface area (Å²) in [6.45, 7) is 3.92. The molecular weight excluding hydrogens is 169 g/mol. The van der Waals surface area contributed by atoms with Crippen molar-refractivity contribution in [1.29, 1.82) is 0 Å². The van der Waals surface area contributed by atoms with Gasteiger partial charge in [-0.3, -0.25) is 4.79 Å². The van der Waals surface area contributed by atoms with Crippen LogP contribution in [-0.4, -0.2) is 12.0 Å². The van der Waals surface area contributed by atoms with Gasteiger partial charge in [-0.25, -0.2) is 0 Å². The number of alkyl halides is 3. The Morgan fingerprint density at radius 1 is 1.33 bits per heavy atom. The lowest BCUT2D eigenvalue weighted by atomic mass is 10.0. The normalized spacial score (nSPS) is 13.8. The molecule has 0 atom stereocenters. The van der Waals surface area contributed by atoms with Crippen molar-refractivity contribution in [3.63, 3.8) is 0 Å². The fourth-order valence-corrected chi connectivity index (χ4v) is 0.795. The van der Waals surface area contributed by atoms with Gasteiger partial charge in [-0.2, -0.15) is 13.2 Å². The molecule has 0 saturated heterocycles. The monoisotopic (exact) mass is 180 g/mol. The number of hydrogen-bond donors (Lipinski definition) is 0. The maximum Gasteiger partial charge on any atom is 0.413 e. The highest BCUT2D eigenvalue weighted by Gasteiger charge is 2.35. The van der Waals surface area contributed by atoms with Gasteiger partial charge < -0.3 is 0 Å². The second kappa shape index (κ2) is 3.74. The molecule has 0 spiro atoms. The molecule has 0 aromatic rings. The highest BCUT2D eigenvalue weighted by Crippen LogP contribution is 2.30. The van der Waals surface area contributed by atoms with E-state index >= 15 is 0 Å². The Labute approximate surface area is 69.3 Å². The van der Waals surface area contributed by atoms with Gasteiger partial charge >= 0.3 is 6.18 Å². The highest BCUT2D eigenvalue weighted by molar-refractivity contribution is 5.88.